The molecule has 0 saturated carbocycles. The molecule has 0 saturated heterocycles. The molecule has 6 N–H and O–H groups in total. The Morgan fingerprint density at radius 3 is 2.27 bits per heavy atom. The molecule has 0 fully saturated rings. The van der Waals surface area contributed by atoms with E-state index in [0.717, 1.165) is 6.21 Å². The maximum atomic E-state index is 8.91. The smallest absolute Gasteiger partial charge is 0.119 e. The third-order valence-electron chi connectivity index (χ3n) is 1.17. The average Bonchev–Trinajstić information content (AvgIpc) is 2.02. The van der Waals surface area contributed by atoms with Crippen molar-refractivity contribution in [3.8, 4) is 0 Å². The molecule has 0 rings (SSSR count). The fourth-order valence-corrected chi connectivity index (χ4v) is 0.512. The van der Waals surface area contributed by atoms with Crippen LogP contribution in [0.1, 0.15) is 0 Å². The average molecular weight is 164 g/mol. The molecule has 0 aliphatic heterocycles. The second-order valence-electron chi connectivity index (χ2n) is 2.03. The Kier molecular flexibility index (Phi) is 4.71. The van der Waals surface area contributed by atoms with Crippen molar-refractivity contribution in [2.75, 3.05) is 6.61 Å². The van der Waals surface area contributed by atoms with Crippen LogP contribution in [0.25, 0.3) is 0 Å². The Hall–Kier alpha value is -0.690. The molecule has 11 heavy (non-hydrogen) atoms. The first-order valence-corrected chi connectivity index (χ1v) is 3.02. The first-order valence-electron chi connectivity index (χ1n) is 3.02. The zero-order valence-corrected chi connectivity index (χ0v) is 5.83. The van der Waals surface area contributed by atoms with Crippen molar-refractivity contribution >= 4 is 6.21 Å². The number of aliphatic hydroxyl groups excluding tert-OH is 4. The summed E-state index contributed by atoms with van der Waals surface area (Å²) in [5.41, 5.74) is 0. The van der Waals surface area contributed by atoms with Gasteiger partial charge in [0.2, 0.25) is 0 Å². The van der Waals surface area contributed by atoms with E-state index in [2.05, 4.69) is 10.9 Å². The van der Waals surface area contributed by atoms with Crippen LogP contribution in [0.3, 0.4) is 0 Å². The van der Waals surface area contributed by atoms with Gasteiger partial charge < -0.3 is 26.3 Å². The predicted octanol–water partition coefficient (Wildman–Crippen LogP) is -2.99. The maximum absolute atomic E-state index is 8.91. The van der Waals surface area contributed by atoms with Gasteiger partial charge in [-0.2, -0.15) is 5.10 Å². The number of hydrogen-bond acceptors (Lipinski definition) is 6. The minimum Gasteiger partial charge on any atom is -0.394 e. The quantitative estimate of drug-likeness (QED) is 0.172. The molecular formula is C5H12N2O4. The molecular weight excluding hydrogens is 152 g/mol. The van der Waals surface area contributed by atoms with E-state index in [1.807, 2.05) is 0 Å². The molecule has 0 aliphatic rings. The zero-order valence-electron chi connectivity index (χ0n) is 5.83. The largest absolute Gasteiger partial charge is 0.394 e. The Morgan fingerprint density at radius 2 is 1.91 bits per heavy atom. The zero-order chi connectivity index (χ0) is 8.85. The second-order valence-corrected chi connectivity index (χ2v) is 2.03. The van der Waals surface area contributed by atoms with Gasteiger partial charge in [-0.15, -0.1) is 0 Å². The highest BCUT2D eigenvalue weighted by Crippen LogP contribution is 1.96. The van der Waals surface area contributed by atoms with Crippen LogP contribution in [0, 0.1) is 0 Å². The molecule has 0 aromatic carbocycles. The Balaban J connectivity index is 3.90. The molecule has 3 atom stereocenters. The molecule has 0 heterocycles. The van der Waals surface area contributed by atoms with Crippen molar-refractivity contribution in [1.29, 1.82) is 0 Å². The summed E-state index contributed by atoms with van der Waals surface area (Å²) in [5, 5.41) is 37.8. The van der Waals surface area contributed by atoms with Crippen LogP contribution in [0.15, 0.2) is 5.10 Å². The number of rotatable bonds is 4. The predicted molar refractivity (Wildman–Crippen MR) is 37.8 cm³/mol. The Bertz CT molecular complexity index is 130. The molecule has 6 heteroatoms. The van der Waals surface area contributed by atoms with Crippen molar-refractivity contribution in [3.63, 3.8) is 0 Å². The molecule has 0 spiro atoms. The van der Waals surface area contributed by atoms with Gasteiger partial charge in [0, 0.05) is 0 Å². The van der Waals surface area contributed by atoms with Crippen molar-refractivity contribution < 1.29 is 20.4 Å². The van der Waals surface area contributed by atoms with Gasteiger partial charge in [-0.3, -0.25) is 0 Å². The van der Waals surface area contributed by atoms with E-state index in [9.17, 15) is 0 Å². The van der Waals surface area contributed by atoms with Crippen LogP contribution in [0.5, 0.6) is 0 Å². The Labute approximate surface area is 63.6 Å². The van der Waals surface area contributed by atoms with Gasteiger partial charge in [0.25, 0.3) is 0 Å². The lowest BCUT2D eigenvalue weighted by atomic mass is 10.1. The SMILES string of the molecule is N/N=C/[C@H](O)[C@@H](O)[C@H](O)CO. The molecule has 0 aromatic rings. The molecule has 0 radical (unpaired) electrons. The summed E-state index contributed by atoms with van der Waals surface area (Å²) in [7, 11) is 0. The standard InChI is InChI=1S/C5H12N2O4/c6-7-1-3(9)5(11)4(10)2-8/h1,3-5,8-11H,2,6H2/b7-1+/t3-,4+,5+/m0/s1. The minimum atomic E-state index is -1.47. The van der Waals surface area contributed by atoms with Gasteiger partial charge in [-0.25, -0.2) is 0 Å². The van der Waals surface area contributed by atoms with Crippen molar-refractivity contribution in [3.05, 3.63) is 0 Å². The third kappa shape index (κ3) is 3.28. The molecule has 0 unspecified atom stereocenters. The Morgan fingerprint density at radius 1 is 1.36 bits per heavy atom. The normalized spacial score (nSPS) is 20.0. The molecule has 0 aromatic heterocycles. The lowest BCUT2D eigenvalue weighted by Gasteiger charge is -2.17. The lowest BCUT2D eigenvalue weighted by molar-refractivity contribution is -0.0541. The molecule has 0 amide bonds. The fourth-order valence-electron chi connectivity index (χ4n) is 0.512. The first kappa shape index (κ1) is 10.3. The molecule has 0 bridgehead atoms. The van der Waals surface area contributed by atoms with E-state index < -0.39 is 24.9 Å². The van der Waals surface area contributed by atoms with Crippen LogP contribution in [0.4, 0.5) is 0 Å². The van der Waals surface area contributed by atoms with Gasteiger partial charge in [-0.1, -0.05) is 0 Å². The van der Waals surface area contributed by atoms with E-state index in [1.165, 1.54) is 0 Å². The lowest BCUT2D eigenvalue weighted by Crippen LogP contribution is -2.40. The highest BCUT2D eigenvalue weighted by atomic mass is 16.4. The fraction of sp³-hybridized carbons (Fsp3) is 0.800. The molecule has 66 valence electrons. The number of hydrazone groups is 1. The summed E-state index contributed by atoms with van der Waals surface area (Å²) in [4.78, 5) is 0. The van der Waals surface area contributed by atoms with E-state index in [0.29, 0.717) is 0 Å². The van der Waals surface area contributed by atoms with Gasteiger partial charge in [-0.05, 0) is 0 Å². The van der Waals surface area contributed by atoms with Crippen LogP contribution >= 0.6 is 0 Å². The summed E-state index contributed by atoms with van der Waals surface area (Å²) in [6.07, 6.45) is -3.35. The molecule has 6 nitrogen and oxygen atoms in total. The monoisotopic (exact) mass is 164 g/mol. The van der Waals surface area contributed by atoms with Gasteiger partial charge in [0.1, 0.15) is 18.3 Å². The topological polar surface area (TPSA) is 119 Å². The van der Waals surface area contributed by atoms with Crippen LogP contribution in [-0.4, -0.2) is 51.6 Å². The van der Waals surface area contributed by atoms with Gasteiger partial charge in [0.15, 0.2) is 0 Å². The minimum absolute atomic E-state index is 0.628. The first-order chi connectivity index (χ1) is 5.13. The summed E-state index contributed by atoms with van der Waals surface area (Å²) in [6, 6.07) is 0. The van der Waals surface area contributed by atoms with E-state index >= 15 is 0 Å². The van der Waals surface area contributed by atoms with Crippen molar-refractivity contribution in [2.45, 2.75) is 18.3 Å². The van der Waals surface area contributed by atoms with Gasteiger partial charge >= 0.3 is 0 Å². The van der Waals surface area contributed by atoms with Crippen LogP contribution < -0.4 is 5.84 Å². The van der Waals surface area contributed by atoms with Crippen molar-refractivity contribution in [1.82, 2.24) is 0 Å². The number of hydrogen-bond donors (Lipinski definition) is 5. The summed E-state index contributed by atoms with van der Waals surface area (Å²) in [6.45, 7) is -0.628. The maximum Gasteiger partial charge on any atom is 0.119 e. The van der Waals surface area contributed by atoms with Crippen LogP contribution in [-0.2, 0) is 0 Å². The summed E-state index contributed by atoms with van der Waals surface area (Å²) in [5.74, 6) is 4.66. The van der Waals surface area contributed by atoms with Crippen LogP contribution in [0.2, 0.25) is 0 Å². The molecule has 0 aliphatic carbocycles. The highest BCUT2D eigenvalue weighted by Gasteiger charge is 2.22. The van der Waals surface area contributed by atoms with E-state index in [1.54, 1.807) is 0 Å². The second kappa shape index (κ2) is 5.03. The van der Waals surface area contributed by atoms with Gasteiger partial charge in [0.05, 0.1) is 12.8 Å². The van der Waals surface area contributed by atoms with E-state index in [4.69, 9.17) is 20.4 Å². The van der Waals surface area contributed by atoms with E-state index in [-0.39, 0.29) is 0 Å². The third-order valence-corrected chi connectivity index (χ3v) is 1.17. The number of nitrogens with two attached hydrogens (primary N) is 1. The number of nitrogens with zero attached hydrogens (tertiary/aromatic N) is 1. The summed E-state index contributed by atoms with van der Waals surface area (Å²) < 4.78 is 0. The van der Waals surface area contributed by atoms with Crippen molar-refractivity contribution in [2.24, 2.45) is 10.9 Å². The number of aliphatic hydroxyl groups is 4. The summed E-state index contributed by atoms with van der Waals surface area (Å²) >= 11 is 0. The highest BCUT2D eigenvalue weighted by molar-refractivity contribution is 5.63.